The van der Waals surface area contributed by atoms with Crippen molar-refractivity contribution in [2.75, 3.05) is 7.11 Å². The molecule has 0 unspecified atom stereocenters. The first kappa shape index (κ1) is 24.3. The zero-order chi connectivity index (χ0) is 25.8. The fourth-order valence-electron chi connectivity index (χ4n) is 3.25. The molecule has 3 amide bonds. The molecule has 3 N–H and O–H groups in total. The molecule has 1 atom stereocenters. The molecule has 0 saturated heterocycles. The van der Waals surface area contributed by atoms with Crippen LogP contribution in [0.4, 0.5) is 13.6 Å². The number of urea groups is 1. The predicted octanol–water partition coefficient (Wildman–Crippen LogP) is 3.09. The van der Waals surface area contributed by atoms with Gasteiger partial charge in [-0.2, -0.15) is 4.98 Å². The maximum absolute atomic E-state index is 15.0. The van der Waals surface area contributed by atoms with Gasteiger partial charge in [0, 0.05) is 18.7 Å². The highest BCUT2D eigenvalue weighted by Gasteiger charge is 2.21. The number of ether oxygens (including phenoxy) is 1. The zero-order valence-electron chi connectivity index (χ0n) is 19.1. The smallest absolute Gasteiger partial charge is 0.334 e. The molecule has 3 aromatic heterocycles. The number of hydrazine groups is 1. The Hall–Kier alpha value is -4.88. The molecule has 186 valence electrons. The Kier molecular flexibility index (Phi) is 6.85. The molecule has 0 radical (unpaired) electrons. The van der Waals surface area contributed by atoms with Gasteiger partial charge in [-0.15, -0.1) is 0 Å². The van der Waals surface area contributed by atoms with E-state index in [1.807, 2.05) is 0 Å². The highest BCUT2D eigenvalue weighted by atomic mass is 19.1. The Morgan fingerprint density at radius 3 is 2.56 bits per heavy atom. The van der Waals surface area contributed by atoms with Gasteiger partial charge in [0.15, 0.2) is 0 Å². The molecule has 0 saturated carbocycles. The van der Waals surface area contributed by atoms with Gasteiger partial charge in [0.1, 0.15) is 11.6 Å². The van der Waals surface area contributed by atoms with E-state index in [2.05, 4.69) is 36.4 Å². The van der Waals surface area contributed by atoms with E-state index in [0.29, 0.717) is 5.56 Å². The minimum absolute atomic E-state index is 0.0163. The monoisotopic (exact) mass is 499 g/mol. The summed E-state index contributed by atoms with van der Waals surface area (Å²) in [5, 5.41) is 9.66. The number of halogens is 2. The van der Waals surface area contributed by atoms with E-state index >= 15 is 0 Å². The summed E-state index contributed by atoms with van der Waals surface area (Å²) in [5.74, 6) is -2.01. The van der Waals surface area contributed by atoms with E-state index in [9.17, 15) is 18.4 Å². The molecule has 0 aliphatic heterocycles. The van der Waals surface area contributed by atoms with E-state index in [-0.39, 0.29) is 40.2 Å². The van der Waals surface area contributed by atoms with Gasteiger partial charge in [0.2, 0.25) is 17.5 Å². The van der Waals surface area contributed by atoms with Gasteiger partial charge in [-0.25, -0.2) is 19.0 Å². The number of methoxy groups -OCH3 is 1. The van der Waals surface area contributed by atoms with Crippen molar-refractivity contribution >= 4 is 11.9 Å². The summed E-state index contributed by atoms with van der Waals surface area (Å²) < 4.78 is 44.1. The molecule has 0 spiro atoms. The minimum Gasteiger partial charge on any atom is -0.479 e. The molecular weight excluding hydrogens is 480 g/mol. The Bertz CT molecular complexity index is 1420. The quantitative estimate of drug-likeness (QED) is 0.339. The largest absolute Gasteiger partial charge is 0.479 e. The number of nitrogens with one attached hydrogen (secondary N) is 3. The summed E-state index contributed by atoms with van der Waals surface area (Å²) in [6, 6.07) is 4.91. The first-order valence-electron chi connectivity index (χ1n) is 10.4. The third-order valence-corrected chi connectivity index (χ3v) is 4.91. The first-order valence-corrected chi connectivity index (χ1v) is 10.4. The molecule has 0 bridgehead atoms. The van der Waals surface area contributed by atoms with Crippen molar-refractivity contribution < 1.29 is 32.2 Å². The van der Waals surface area contributed by atoms with Gasteiger partial charge in [-0.1, -0.05) is 17.3 Å². The van der Waals surface area contributed by atoms with Crippen LogP contribution in [0.25, 0.3) is 22.5 Å². The van der Waals surface area contributed by atoms with Crippen LogP contribution in [0.5, 0.6) is 5.88 Å². The average Bonchev–Trinajstić information content (AvgIpc) is 3.51. The van der Waals surface area contributed by atoms with Gasteiger partial charge in [0.05, 0.1) is 30.5 Å². The third-order valence-electron chi connectivity index (χ3n) is 4.91. The lowest BCUT2D eigenvalue weighted by molar-refractivity contribution is 0.0898. The Morgan fingerprint density at radius 1 is 1.08 bits per heavy atom. The number of carbonyl (C=O) groups excluding carboxylic acids is 2. The summed E-state index contributed by atoms with van der Waals surface area (Å²) in [6.45, 7) is 3.05. The molecule has 0 fully saturated rings. The summed E-state index contributed by atoms with van der Waals surface area (Å²) in [7, 11) is 1.35. The number of aromatic nitrogens is 4. The van der Waals surface area contributed by atoms with Gasteiger partial charge >= 0.3 is 11.9 Å². The number of hydrogen-bond acceptors (Lipinski definition) is 9. The molecule has 0 aliphatic carbocycles. The number of carbonyl (C=O) groups is 2. The van der Waals surface area contributed by atoms with Crippen molar-refractivity contribution in [3.05, 3.63) is 65.5 Å². The molecule has 12 nitrogen and oxygen atoms in total. The van der Waals surface area contributed by atoms with E-state index in [0.717, 1.165) is 6.07 Å². The van der Waals surface area contributed by atoms with E-state index in [4.69, 9.17) is 13.8 Å². The van der Waals surface area contributed by atoms with Crippen LogP contribution >= 0.6 is 0 Å². The number of aryl methyl sites for hydroxylation is 1. The van der Waals surface area contributed by atoms with Crippen LogP contribution in [0, 0.1) is 18.6 Å². The fraction of sp³-hybridized carbons (Fsp3) is 0.182. The van der Waals surface area contributed by atoms with Crippen LogP contribution in [0.3, 0.4) is 0 Å². The molecule has 36 heavy (non-hydrogen) atoms. The van der Waals surface area contributed by atoms with Crippen LogP contribution in [0.1, 0.15) is 35.1 Å². The second-order valence-electron chi connectivity index (χ2n) is 7.40. The fourth-order valence-corrected chi connectivity index (χ4v) is 3.25. The number of benzene rings is 1. The molecular formula is C22H19F2N7O5. The van der Waals surface area contributed by atoms with Crippen LogP contribution in [0.15, 0.2) is 45.6 Å². The summed E-state index contributed by atoms with van der Waals surface area (Å²) >= 11 is 0. The lowest BCUT2D eigenvalue weighted by Crippen LogP contribution is -2.47. The maximum atomic E-state index is 15.0. The summed E-state index contributed by atoms with van der Waals surface area (Å²) in [4.78, 5) is 32.3. The number of nitrogens with zero attached hydrogens (tertiary/aromatic N) is 4. The number of pyridine rings is 1. The first-order chi connectivity index (χ1) is 17.3. The van der Waals surface area contributed by atoms with E-state index in [1.54, 1.807) is 13.0 Å². The highest BCUT2D eigenvalue weighted by Crippen LogP contribution is 2.33. The van der Waals surface area contributed by atoms with Crippen LogP contribution in [-0.4, -0.2) is 39.3 Å². The lowest BCUT2D eigenvalue weighted by atomic mass is 9.99. The second kappa shape index (κ2) is 10.2. The summed E-state index contributed by atoms with van der Waals surface area (Å²) in [6.07, 6.45) is 1.33. The van der Waals surface area contributed by atoms with Gasteiger partial charge in [-0.3, -0.25) is 15.2 Å². The zero-order valence-corrected chi connectivity index (χ0v) is 19.1. The highest BCUT2D eigenvalue weighted by molar-refractivity contribution is 5.92. The normalized spacial score (nSPS) is 11.6. The average molecular weight is 499 g/mol. The second-order valence-corrected chi connectivity index (χ2v) is 7.40. The standard InChI is InChI=1S/C22H19F2N7O5/c1-10(26-22(33)29-28-21(32)16-8-17(34-3)30-36-16)19-15(24)7-12(9-25-19)13-5-4-6-14(23)18(13)20-27-11(2)35-31-20/h4-10H,1-3H3,(H,28,32)(H2,26,29,33)/t10-/m1/s1. The molecule has 3 heterocycles. The summed E-state index contributed by atoms with van der Waals surface area (Å²) in [5.41, 5.74) is 4.73. The third kappa shape index (κ3) is 5.11. The van der Waals surface area contributed by atoms with E-state index in [1.165, 1.54) is 38.4 Å². The van der Waals surface area contributed by atoms with Crippen molar-refractivity contribution in [2.45, 2.75) is 19.9 Å². The van der Waals surface area contributed by atoms with Crippen molar-refractivity contribution in [3.63, 3.8) is 0 Å². The predicted molar refractivity (Wildman–Crippen MR) is 118 cm³/mol. The van der Waals surface area contributed by atoms with Gasteiger partial charge < -0.3 is 19.1 Å². The molecule has 1 aromatic carbocycles. The van der Waals surface area contributed by atoms with Crippen LogP contribution < -0.4 is 20.9 Å². The molecule has 14 heteroatoms. The maximum Gasteiger partial charge on any atom is 0.334 e. The van der Waals surface area contributed by atoms with Crippen molar-refractivity contribution in [1.82, 2.24) is 36.4 Å². The SMILES string of the molecule is COc1cc(C(=O)NNC(=O)N[C@H](C)c2ncc(-c3cccc(F)c3-c3noc(C)n3)cc2F)on1. The topological polar surface area (TPSA) is 157 Å². The minimum atomic E-state index is -0.895. The molecule has 4 aromatic rings. The Balaban J connectivity index is 1.45. The lowest BCUT2D eigenvalue weighted by Gasteiger charge is -2.16. The number of rotatable bonds is 6. The van der Waals surface area contributed by atoms with Crippen molar-refractivity contribution in [3.8, 4) is 28.4 Å². The van der Waals surface area contributed by atoms with Gasteiger partial charge in [-0.05, 0) is 29.8 Å². The Labute approximate surface area is 202 Å². The van der Waals surface area contributed by atoms with E-state index < -0.39 is 29.6 Å². The Morgan fingerprint density at radius 2 is 1.89 bits per heavy atom. The van der Waals surface area contributed by atoms with Gasteiger partial charge in [0.25, 0.3) is 5.88 Å². The van der Waals surface area contributed by atoms with Crippen molar-refractivity contribution in [2.24, 2.45) is 0 Å². The van der Waals surface area contributed by atoms with Crippen LogP contribution in [-0.2, 0) is 0 Å². The number of amides is 3. The van der Waals surface area contributed by atoms with Crippen LogP contribution in [0.2, 0.25) is 0 Å². The molecule has 0 aliphatic rings. The number of hydrogen-bond donors (Lipinski definition) is 3. The molecule has 4 rings (SSSR count). The van der Waals surface area contributed by atoms with Crippen molar-refractivity contribution in [1.29, 1.82) is 0 Å².